The molecule has 0 radical (unpaired) electrons. The van der Waals surface area contributed by atoms with Crippen LogP contribution >= 0.6 is 0 Å². The first kappa shape index (κ1) is 16.5. The van der Waals surface area contributed by atoms with Crippen molar-refractivity contribution in [1.29, 1.82) is 0 Å². The predicted octanol–water partition coefficient (Wildman–Crippen LogP) is 1.81. The molecule has 0 saturated carbocycles. The molecule has 0 spiro atoms. The van der Waals surface area contributed by atoms with Crippen molar-refractivity contribution in [3.8, 4) is 0 Å². The van der Waals surface area contributed by atoms with Gasteiger partial charge in [-0.25, -0.2) is 0 Å². The van der Waals surface area contributed by atoms with Crippen LogP contribution in [0.3, 0.4) is 0 Å². The van der Waals surface area contributed by atoms with Crippen molar-refractivity contribution in [2.45, 2.75) is 32.8 Å². The summed E-state index contributed by atoms with van der Waals surface area (Å²) in [5.41, 5.74) is 0. The molecule has 1 heterocycles. The van der Waals surface area contributed by atoms with Gasteiger partial charge >= 0.3 is 0 Å². The summed E-state index contributed by atoms with van der Waals surface area (Å²) in [7, 11) is -0.0468. The largest absolute Gasteiger partial charge is 0.373 e. The van der Waals surface area contributed by atoms with E-state index in [2.05, 4.69) is 18.7 Å². The van der Waals surface area contributed by atoms with Gasteiger partial charge in [0.15, 0.2) is 0 Å². The first-order valence-corrected chi connectivity index (χ1v) is 9.52. The Kier molecular flexibility index (Phi) is 8.59. The van der Waals surface area contributed by atoms with Crippen molar-refractivity contribution in [3.63, 3.8) is 0 Å². The van der Waals surface area contributed by atoms with Crippen molar-refractivity contribution >= 4 is 20.6 Å². The maximum Gasteiger partial charge on any atom is 0.0964 e. The number of hydrogen-bond donors (Lipinski definition) is 0. The zero-order valence-corrected chi connectivity index (χ0v) is 13.5. The molecule has 0 amide bonds. The van der Waals surface area contributed by atoms with Gasteiger partial charge in [-0.1, -0.05) is 23.3 Å². The average Bonchev–Trinajstić information content (AvgIpc) is 2.28. The molecule has 1 aliphatic heterocycles. The van der Waals surface area contributed by atoms with Gasteiger partial charge < -0.3 is 9.47 Å². The van der Waals surface area contributed by atoms with Crippen LogP contribution in [-0.2, 0) is 30.1 Å². The second kappa shape index (κ2) is 9.37. The lowest BCUT2D eigenvalue weighted by Gasteiger charge is -2.32. The Morgan fingerprint density at radius 2 is 2.28 bits per heavy atom. The third kappa shape index (κ3) is 7.79. The van der Waals surface area contributed by atoms with Gasteiger partial charge in [0.05, 0.1) is 25.3 Å². The summed E-state index contributed by atoms with van der Waals surface area (Å²) in [6, 6.07) is 0. The van der Waals surface area contributed by atoms with E-state index in [9.17, 15) is 0 Å². The topological polar surface area (TPSA) is 21.7 Å². The second-order valence-corrected chi connectivity index (χ2v) is 8.48. The maximum absolute atomic E-state index is 5.72. The molecule has 0 aromatic heterocycles. The number of hydrogen-bond acceptors (Lipinski definition) is 4. The third-order valence-corrected chi connectivity index (χ3v) is 3.82. The van der Waals surface area contributed by atoms with Crippen molar-refractivity contribution in [2.24, 2.45) is 5.92 Å². The van der Waals surface area contributed by atoms with E-state index in [1.807, 2.05) is 6.26 Å². The van der Waals surface area contributed by atoms with Gasteiger partial charge in [-0.3, -0.25) is 4.90 Å². The minimum Gasteiger partial charge on any atom is -0.373 e. The molecule has 108 valence electrons. The first-order chi connectivity index (χ1) is 8.58. The van der Waals surface area contributed by atoms with Crippen LogP contribution in [0, 0.1) is 5.92 Å². The molecule has 5 heteroatoms. The number of morpholine rings is 1. The Bertz CT molecular complexity index is 249. The van der Waals surface area contributed by atoms with E-state index in [-0.39, 0.29) is 15.6 Å². The van der Waals surface area contributed by atoms with Crippen LogP contribution in [0.15, 0.2) is 0 Å². The molecule has 0 aromatic rings. The third-order valence-electron chi connectivity index (χ3n) is 3.03. The fourth-order valence-corrected chi connectivity index (χ4v) is 2.64. The first-order valence-electron chi connectivity index (χ1n) is 6.79. The fourth-order valence-electron chi connectivity index (χ4n) is 2.10. The minimum absolute atomic E-state index is 0.0468. The van der Waals surface area contributed by atoms with E-state index in [0.29, 0.717) is 12.5 Å². The number of nitrogens with zero attached hydrogens (tertiary/aromatic N) is 1. The van der Waals surface area contributed by atoms with Crippen LogP contribution in [0.5, 0.6) is 0 Å². The van der Waals surface area contributed by atoms with Gasteiger partial charge in [0.2, 0.25) is 0 Å². The van der Waals surface area contributed by atoms with Crippen molar-refractivity contribution in [3.05, 3.63) is 0 Å². The van der Waals surface area contributed by atoms with Crippen LogP contribution in [0.2, 0.25) is 0 Å². The lowest BCUT2D eigenvalue weighted by atomic mass is 10.1. The van der Waals surface area contributed by atoms with E-state index in [1.54, 1.807) is 0 Å². The standard InChI is InChI=1S/C13H27NO2S2/c1-12(2)5-4-6-14-7-8-16-13(9-14)10-15-11-18(3)17/h12-13H,4-11H2,1-3H3/t13-,18?/m0/s1. The van der Waals surface area contributed by atoms with E-state index >= 15 is 0 Å². The Hall–Kier alpha value is 0.450. The Balaban J connectivity index is 2.13. The second-order valence-electron chi connectivity index (χ2n) is 5.39. The summed E-state index contributed by atoms with van der Waals surface area (Å²) in [4.78, 5) is 2.50. The zero-order chi connectivity index (χ0) is 13.4. The molecule has 0 N–H and O–H groups in total. The molecule has 1 fully saturated rings. The molecular formula is C13H27NO2S2. The summed E-state index contributed by atoms with van der Waals surface area (Å²) in [6.45, 7) is 9.35. The van der Waals surface area contributed by atoms with Crippen LogP contribution in [0.1, 0.15) is 26.7 Å². The van der Waals surface area contributed by atoms with E-state index in [0.717, 1.165) is 25.6 Å². The van der Waals surface area contributed by atoms with Crippen molar-refractivity contribution in [2.75, 3.05) is 45.0 Å². The highest BCUT2D eigenvalue weighted by Gasteiger charge is 2.20. The monoisotopic (exact) mass is 293 g/mol. The molecule has 18 heavy (non-hydrogen) atoms. The predicted molar refractivity (Wildman–Crippen MR) is 81.7 cm³/mol. The van der Waals surface area contributed by atoms with Crippen molar-refractivity contribution in [1.82, 2.24) is 4.90 Å². The molecule has 0 bridgehead atoms. The van der Waals surface area contributed by atoms with E-state index in [4.69, 9.17) is 20.7 Å². The van der Waals surface area contributed by atoms with Crippen LogP contribution in [0.25, 0.3) is 0 Å². The Morgan fingerprint density at radius 3 is 2.94 bits per heavy atom. The van der Waals surface area contributed by atoms with Gasteiger partial charge in [-0.05, 0) is 42.7 Å². The zero-order valence-electron chi connectivity index (χ0n) is 11.9. The summed E-state index contributed by atoms with van der Waals surface area (Å²) >= 11 is 5.10. The summed E-state index contributed by atoms with van der Waals surface area (Å²) in [5, 5.41) is 0. The van der Waals surface area contributed by atoms with Gasteiger partial charge in [0.1, 0.15) is 0 Å². The lowest BCUT2D eigenvalue weighted by Crippen LogP contribution is -2.44. The summed E-state index contributed by atoms with van der Waals surface area (Å²) in [5.74, 6) is 1.49. The maximum atomic E-state index is 5.72. The lowest BCUT2D eigenvalue weighted by molar-refractivity contribution is -0.0632. The summed E-state index contributed by atoms with van der Waals surface area (Å²) in [6.07, 6.45) is 4.86. The molecule has 2 atom stereocenters. The summed E-state index contributed by atoms with van der Waals surface area (Å²) < 4.78 is 11.3. The molecule has 0 aliphatic carbocycles. The Labute approximate surface area is 119 Å². The van der Waals surface area contributed by atoms with Gasteiger partial charge in [-0.15, -0.1) is 0 Å². The van der Waals surface area contributed by atoms with Crippen molar-refractivity contribution < 1.29 is 9.47 Å². The molecule has 1 aliphatic rings. The SMILES string of the molecule is CC(C)CCCN1CCO[C@H](COCS(C)=S)C1. The molecule has 1 rings (SSSR count). The van der Waals surface area contributed by atoms with Gasteiger partial charge in [0, 0.05) is 13.1 Å². The minimum atomic E-state index is -0.0468. The van der Waals surface area contributed by atoms with E-state index in [1.165, 1.54) is 19.4 Å². The van der Waals surface area contributed by atoms with Crippen LogP contribution in [0.4, 0.5) is 0 Å². The van der Waals surface area contributed by atoms with Crippen LogP contribution < -0.4 is 0 Å². The van der Waals surface area contributed by atoms with Gasteiger partial charge in [-0.2, -0.15) is 0 Å². The van der Waals surface area contributed by atoms with E-state index < -0.39 is 0 Å². The highest BCUT2D eigenvalue weighted by molar-refractivity contribution is 8.28. The highest BCUT2D eigenvalue weighted by Crippen LogP contribution is 2.09. The Morgan fingerprint density at radius 1 is 1.50 bits per heavy atom. The highest BCUT2D eigenvalue weighted by atomic mass is 32.8. The molecule has 3 nitrogen and oxygen atoms in total. The smallest absolute Gasteiger partial charge is 0.0964 e. The normalized spacial score (nSPS) is 23.4. The molecule has 1 saturated heterocycles. The molecule has 1 unspecified atom stereocenters. The quantitative estimate of drug-likeness (QED) is 0.680. The fraction of sp³-hybridized carbons (Fsp3) is 1.00. The van der Waals surface area contributed by atoms with Crippen LogP contribution in [-0.4, -0.2) is 56.0 Å². The molecular weight excluding hydrogens is 266 g/mol. The number of rotatable bonds is 8. The number of ether oxygens (including phenoxy) is 2. The molecule has 0 aromatic carbocycles. The van der Waals surface area contributed by atoms with Gasteiger partial charge in [0.25, 0.3) is 0 Å². The average molecular weight is 293 g/mol.